The van der Waals surface area contributed by atoms with Crippen molar-refractivity contribution in [2.45, 2.75) is 18.8 Å². The third-order valence-electron chi connectivity index (χ3n) is 3.54. The smallest absolute Gasteiger partial charge is 0.0587 e. The number of nitrogens with zero attached hydrogens (tertiary/aromatic N) is 1. The molecule has 1 N–H and O–H groups in total. The summed E-state index contributed by atoms with van der Waals surface area (Å²) in [6.45, 7) is 5.09. The Morgan fingerprint density at radius 2 is 2.44 bits per heavy atom. The van der Waals surface area contributed by atoms with Crippen molar-refractivity contribution >= 4 is 0 Å². The van der Waals surface area contributed by atoms with Crippen molar-refractivity contribution in [3.8, 4) is 0 Å². The summed E-state index contributed by atoms with van der Waals surface area (Å²) in [4.78, 5) is 4.45. The van der Waals surface area contributed by atoms with E-state index in [1.807, 2.05) is 12.3 Å². The van der Waals surface area contributed by atoms with E-state index in [4.69, 9.17) is 4.74 Å². The number of pyridine rings is 1. The van der Waals surface area contributed by atoms with Gasteiger partial charge in [0.25, 0.3) is 0 Å². The van der Waals surface area contributed by atoms with E-state index in [1.165, 1.54) is 12.1 Å². The van der Waals surface area contributed by atoms with Crippen molar-refractivity contribution in [1.82, 2.24) is 10.3 Å². The molecule has 16 heavy (non-hydrogen) atoms. The maximum absolute atomic E-state index is 5.01. The number of rotatable bonds is 6. The van der Waals surface area contributed by atoms with Crippen LogP contribution in [-0.4, -0.2) is 31.8 Å². The van der Waals surface area contributed by atoms with E-state index in [0.717, 1.165) is 25.6 Å². The Balaban J connectivity index is 1.80. The van der Waals surface area contributed by atoms with E-state index in [-0.39, 0.29) is 0 Å². The van der Waals surface area contributed by atoms with Crippen molar-refractivity contribution < 1.29 is 4.74 Å². The zero-order valence-corrected chi connectivity index (χ0v) is 10.1. The first-order chi connectivity index (χ1) is 7.77. The fourth-order valence-electron chi connectivity index (χ4n) is 2.22. The SMILES string of the molecule is COCCNCC1CC1(C)c1ccccn1. The normalized spacial score (nSPS) is 28.0. The van der Waals surface area contributed by atoms with Crippen LogP contribution in [0.3, 0.4) is 0 Å². The van der Waals surface area contributed by atoms with Crippen molar-refractivity contribution in [3.05, 3.63) is 30.1 Å². The number of methoxy groups -OCH3 is 1. The summed E-state index contributed by atoms with van der Waals surface area (Å²) in [5, 5.41) is 3.42. The van der Waals surface area contributed by atoms with Gasteiger partial charge in [-0.05, 0) is 31.0 Å². The maximum atomic E-state index is 5.01. The molecule has 3 heteroatoms. The van der Waals surface area contributed by atoms with E-state index in [2.05, 4.69) is 29.4 Å². The molecular weight excluding hydrogens is 200 g/mol. The van der Waals surface area contributed by atoms with E-state index >= 15 is 0 Å². The number of hydrogen-bond donors (Lipinski definition) is 1. The lowest BCUT2D eigenvalue weighted by Gasteiger charge is -2.10. The summed E-state index contributed by atoms with van der Waals surface area (Å²) in [7, 11) is 1.73. The third-order valence-corrected chi connectivity index (χ3v) is 3.54. The van der Waals surface area contributed by atoms with Crippen LogP contribution in [0.25, 0.3) is 0 Å². The van der Waals surface area contributed by atoms with Gasteiger partial charge in [-0.25, -0.2) is 0 Å². The molecule has 1 aromatic rings. The second kappa shape index (κ2) is 4.93. The number of ether oxygens (including phenoxy) is 1. The van der Waals surface area contributed by atoms with Crippen LogP contribution in [0.4, 0.5) is 0 Å². The summed E-state index contributed by atoms with van der Waals surface area (Å²) >= 11 is 0. The van der Waals surface area contributed by atoms with Crippen LogP contribution < -0.4 is 5.32 Å². The minimum atomic E-state index is 0.293. The Bertz CT molecular complexity index is 328. The fourth-order valence-corrected chi connectivity index (χ4v) is 2.22. The molecule has 0 aliphatic heterocycles. The Kier molecular flexibility index (Phi) is 3.56. The van der Waals surface area contributed by atoms with E-state index < -0.39 is 0 Å². The highest BCUT2D eigenvalue weighted by Crippen LogP contribution is 2.52. The van der Waals surface area contributed by atoms with Crippen molar-refractivity contribution in [3.63, 3.8) is 0 Å². The van der Waals surface area contributed by atoms with Crippen LogP contribution in [-0.2, 0) is 10.2 Å². The van der Waals surface area contributed by atoms with Gasteiger partial charge in [0.2, 0.25) is 0 Å². The van der Waals surface area contributed by atoms with Crippen LogP contribution in [0.2, 0.25) is 0 Å². The van der Waals surface area contributed by atoms with Gasteiger partial charge in [-0.1, -0.05) is 13.0 Å². The summed E-state index contributed by atoms with van der Waals surface area (Å²) in [6, 6.07) is 6.18. The highest BCUT2D eigenvalue weighted by molar-refractivity contribution is 5.26. The molecule has 0 amide bonds. The number of nitrogens with one attached hydrogen (secondary N) is 1. The van der Waals surface area contributed by atoms with Crippen molar-refractivity contribution in [2.75, 3.05) is 26.8 Å². The molecule has 3 nitrogen and oxygen atoms in total. The quantitative estimate of drug-likeness (QED) is 0.739. The molecule has 0 aromatic carbocycles. The summed E-state index contributed by atoms with van der Waals surface area (Å²) in [5.74, 6) is 0.722. The minimum absolute atomic E-state index is 0.293. The lowest BCUT2D eigenvalue weighted by molar-refractivity contribution is 0.199. The molecule has 0 spiro atoms. The van der Waals surface area contributed by atoms with Gasteiger partial charge in [-0.2, -0.15) is 0 Å². The van der Waals surface area contributed by atoms with E-state index in [0.29, 0.717) is 5.41 Å². The second-order valence-electron chi connectivity index (χ2n) is 4.73. The van der Waals surface area contributed by atoms with Gasteiger partial charge in [-0.15, -0.1) is 0 Å². The molecule has 1 fully saturated rings. The van der Waals surface area contributed by atoms with Crippen LogP contribution in [0.5, 0.6) is 0 Å². The van der Waals surface area contributed by atoms with Gasteiger partial charge in [0.15, 0.2) is 0 Å². The Hall–Kier alpha value is -0.930. The maximum Gasteiger partial charge on any atom is 0.0587 e. The first-order valence-corrected chi connectivity index (χ1v) is 5.88. The molecule has 88 valence electrons. The molecule has 1 aliphatic carbocycles. The molecule has 0 saturated heterocycles. The summed E-state index contributed by atoms with van der Waals surface area (Å²) in [5.41, 5.74) is 1.52. The Morgan fingerprint density at radius 3 is 3.12 bits per heavy atom. The van der Waals surface area contributed by atoms with Crippen LogP contribution in [0.15, 0.2) is 24.4 Å². The van der Waals surface area contributed by atoms with Crippen molar-refractivity contribution in [2.24, 2.45) is 5.92 Å². The lowest BCUT2D eigenvalue weighted by Crippen LogP contribution is -2.24. The zero-order valence-electron chi connectivity index (χ0n) is 10.1. The Labute approximate surface area is 97.2 Å². The molecule has 1 saturated carbocycles. The van der Waals surface area contributed by atoms with Gasteiger partial charge < -0.3 is 10.1 Å². The largest absolute Gasteiger partial charge is 0.383 e. The molecular formula is C13H20N2O. The van der Waals surface area contributed by atoms with Crippen molar-refractivity contribution in [1.29, 1.82) is 0 Å². The van der Waals surface area contributed by atoms with Gasteiger partial charge in [-0.3, -0.25) is 4.98 Å². The minimum Gasteiger partial charge on any atom is -0.383 e. The first-order valence-electron chi connectivity index (χ1n) is 5.88. The van der Waals surface area contributed by atoms with Gasteiger partial charge in [0, 0.05) is 31.0 Å². The molecule has 0 bridgehead atoms. The Morgan fingerprint density at radius 1 is 1.56 bits per heavy atom. The molecule has 1 aromatic heterocycles. The van der Waals surface area contributed by atoms with Gasteiger partial charge in [0.1, 0.15) is 0 Å². The van der Waals surface area contributed by atoms with Crippen LogP contribution in [0, 0.1) is 5.92 Å². The molecule has 1 aliphatic rings. The first kappa shape index (κ1) is 11.6. The predicted molar refractivity (Wildman–Crippen MR) is 64.4 cm³/mol. The van der Waals surface area contributed by atoms with Gasteiger partial charge in [0.05, 0.1) is 6.61 Å². The fraction of sp³-hybridized carbons (Fsp3) is 0.615. The average Bonchev–Trinajstić information content (AvgIpc) is 2.99. The third kappa shape index (κ3) is 2.42. The summed E-state index contributed by atoms with van der Waals surface area (Å²) in [6.07, 6.45) is 3.12. The molecule has 2 rings (SSSR count). The second-order valence-corrected chi connectivity index (χ2v) is 4.73. The highest BCUT2D eigenvalue weighted by Gasteiger charge is 2.51. The lowest BCUT2D eigenvalue weighted by atomic mass is 10.0. The highest BCUT2D eigenvalue weighted by atomic mass is 16.5. The molecule has 0 radical (unpaired) electrons. The van der Waals surface area contributed by atoms with Gasteiger partial charge >= 0.3 is 0 Å². The monoisotopic (exact) mass is 220 g/mol. The standard InChI is InChI=1S/C13H20N2O/c1-13(12-5-3-4-6-15-12)9-11(13)10-14-7-8-16-2/h3-6,11,14H,7-10H2,1-2H3. The zero-order chi connectivity index (χ0) is 11.4. The summed E-state index contributed by atoms with van der Waals surface area (Å²) < 4.78 is 5.01. The van der Waals surface area contributed by atoms with E-state index in [1.54, 1.807) is 7.11 Å². The number of aromatic nitrogens is 1. The average molecular weight is 220 g/mol. The van der Waals surface area contributed by atoms with Crippen LogP contribution >= 0.6 is 0 Å². The number of hydrogen-bond acceptors (Lipinski definition) is 3. The predicted octanol–water partition coefficient (Wildman–Crippen LogP) is 1.60. The molecule has 2 atom stereocenters. The molecule has 2 unspecified atom stereocenters. The topological polar surface area (TPSA) is 34.1 Å². The molecule has 1 heterocycles. The van der Waals surface area contributed by atoms with Crippen LogP contribution in [0.1, 0.15) is 19.0 Å². The van der Waals surface area contributed by atoms with E-state index in [9.17, 15) is 0 Å².